The fourth-order valence-corrected chi connectivity index (χ4v) is 6.70. The van der Waals surface area contributed by atoms with E-state index in [0.29, 0.717) is 28.8 Å². The first kappa shape index (κ1) is 25.8. The molecule has 3 aromatic rings. The number of fused-ring (bicyclic) bond motifs is 1. The lowest BCUT2D eigenvalue weighted by atomic mass is 9.96. The maximum Gasteiger partial charge on any atom is 0.511 e. The standard InChI is InChI=1S/C27H31F3N4O2S/c28-27(29,30)37(35,36)33-17-23(14-13-20-7-4-5-8-20)34(16-22-15-31-19-32-22)26-12-6-11-24(25(26)18-33)21-9-2-1-3-10-21/h1-3,6,9-12,15,19-20,23H,4-5,7-8,13-14,16-18H2,(H,31,32)/t23-/m0/s1. The number of aromatic nitrogens is 2. The van der Waals surface area contributed by atoms with Crippen LogP contribution >= 0.6 is 0 Å². The van der Waals surface area contributed by atoms with Gasteiger partial charge in [-0.3, -0.25) is 0 Å². The lowest BCUT2D eigenvalue weighted by Gasteiger charge is -2.34. The molecular formula is C27H31F3N4O2S. The molecule has 2 aliphatic rings. The van der Waals surface area contributed by atoms with Gasteiger partial charge in [-0.15, -0.1) is 0 Å². The van der Waals surface area contributed by atoms with E-state index >= 15 is 0 Å². The summed E-state index contributed by atoms with van der Waals surface area (Å²) in [5, 5.41) is 0. The highest BCUT2D eigenvalue weighted by atomic mass is 32.2. The van der Waals surface area contributed by atoms with Crippen LogP contribution in [0.1, 0.15) is 49.8 Å². The van der Waals surface area contributed by atoms with Crippen LogP contribution in [0.3, 0.4) is 0 Å². The molecule has 0 radical (unpaired) electrons. The summed E-state index contributed by atoms with van der Waals surface area (Å²) in [5.74, 6) is 0.528. The zero-order chi connectivity index (χ0) is 26.0. The summed E-state index contributed by atoms with van der Waals surface area (Å²) >= 11 is 0. The Morgan fingerprint density at radius 1 is 1.00 bits per heavy atom. The Kier molecular flexibility index (Phi) is 7.31. The highest BCUT2D eigenvalue weighted by Gasteiger charge is 2.51. The Hall–Kier alpha value is -2.85. The van der Waals surface area contributed by atoms with Crippen molar-refractivity contribution in [3.63, 3.8) is 0 Å². The van der Waals surface area contributed by atoms with Gasteiger partial charge in [0.15, 0.2) is 0 Å². The van der Waals surface area contributed by atoms with Crippen molar-refractivity contribution in [1.82, 2.24) is 14.3 Å². The van der Waals surface area contributed by atoms with E-state index in [0.717, 1.165) is 41.8 Å². The van der Waals surface area contributed by atoms with Crippen LogP contribution in [-0.4, -0.2) is 40.8 Å². The zero-order valence-corrected chi connectivity index (χ0v) is 21.3. The third-order valence-corrected chi connectivity index (χ3v) is 9.19. The fraction of sp³-hybridized carbons (Fsp3) is 0.444. The molecule has 0 saturated heterocycles. The number of H-pyrrole nitrogens is 1. The van der Waals surface area contributed by atoms with Gasteiger partial charge < -0.3 is 9.88 Å². The molecule has 37 heavy (non-hydrogen) atoms. The number of rotatable bonds is 7. The molecule has 0 amide bonds. The number of anilines is 1. The zero-order valence-electron chi connectivity index (χ0n) is 20.5. The molecule has 6 nitrogen and oxygen atoms in total. The first-order chi connectivity index (χ1) is 17.7. The van der Waals surface area contributed by atoms with Crippen LogP contribution in [0.5, 0.6) is 0 Å². The number of benzene rings is 2. The minimum atomic E-state index is -5.53. The average molecular weight is 533 g/mol. The van der Waals surface area contributed by atoms with Crippen LogP contribution in [0.25, 0.3) is 11.1 Å². The third-order valence-electron chi connectivity index (χ3n) is 7.65. The van der Waals surface area contributed by atoms with Crippen molar-refractivity contribution in [1.29, 1.82) is 0 Å². The van der Waals surface area contributed by atoms with Gasteiger partial charge in [-0.2, -0.15) is 17.5 Å². The SMILES string of the molecule is O=S(=O)(N1Cc2c(-c3ccccc3)cccc2N(Cc2cnc[nH]2)[C@@H](CCC2CCCC2)C1)C(F)(F)F. The van der Waals surface area contributed by atoms with Gasteiger partial charge in [0.2, 0.25) is 0 Å². The number of hydrogen-bond donors (Lipinski definition) is 1. The largest absolute Gasteiger partial charge is 0.511 e. The molecule has 2 aromatic carbocycles. The van der Waals surface area contributed by atoms with E-state index in [-0.39, 0.29) is 13.1 Å². The van der Waals surface area contributed by atoms with Gasteiger partial charge in [0.1, 0.15) is 0 Å². The summed E-state index contributed by atoms with van der Waals surface area (Å²) in [4.78, 5) is 9.30. The molecule has 1 aliphatic heterocycles. The van der Waals surface area contributed by atoms with Gasteiger partial charge in [-0.1, -0.05) is 68.1 Å². The van der Waals surface area contributed by atoms with Crippen molar-refractivity contribution >= 4 is 15.7 Å². The lowest BCUT2D eigenvalue weighted by molar-refractivity contribution is -0.0492. The second kappa shape index (κ2) is 10.5. The molecule has 0 unspecified atom stereocenters. The Morgan fingerprint density at radius 2 is 1.76 bits per heavy atom. The second-order valence-electron chi connectivity index (χ2n) is 10.00. The van der Waals surface area contributed by atoms with E-state index in [4.69, 9.17) is 0 Å². The van der Waals surface area contributed by atoms with Gasteiger partial charge in [0, 0.05) is 31.0 Å². The number of halogens is 3. The summed E-state index contributed by atoms with van der Waals surface area (Å²) in [6.45, 7) is -0.187. The highest BCUT2D eigenvalue weighted by molar-refractivity contribution is 7.89. The van der Waals surface area contributed by atoms with Crippen molar-refractivity contribution in [3.05, 3.63) is 72.3 Å². The molecule has 1 fully saturated rings. The average Bonchev–Trinajstić information content (AvgIpc) is 3.56. The van der Waals surface area contributed by atoms with Crippen molar-refractivity contribution in [2.45, 2.75) is 63.2 Å². The summed E-state index contributed by atoms with van der Waals surface area (Å²) < 4.78 is 67.8. The highest BCUT2D eigenvalue weighted by Crippen LogP contribution is 2.40. The van der Waals surface area contributed by atoms with E-state index in [1.54, 1.807) is 12.5 Å². The topological polar surface area (TPSA) is 69.3 Å². The Labute approximate surface area is 215 Å². The summed E-state index contributed by atoms with van der Waals surface area (Å²) in [7, 11) is -5.53. The normalized spacial score (nSPS) is 19.6. The third kappa shape index (κ3) is 5.40. The van der Waals surface area contributed by atoms with Gasteiger partial charge >= 0.3 is 15.5 Å². The molecule has 1 atom stereocenters. The molecular weight excluding hydrogens is 501 g/mol. The number of hydrogen-bond acceptors (Lipinski definition) is 4. The van der Waals surface area contributed by atoms with E-state index < -0.39 is 21.6 Å². The first-order valence-corrected chi connectivity index (χ1v) is 14.2. The monoisotopic (exact) mass is 532 g/mol. The Balaban J connectivity index is 1.63. The van der Waals surface area contributed by atoms with Gasteiger partial charge in [0.25, 0.3) is 0 Å². The molecule has 1 saturated carbocycles. The van der Waals surface area contributed by atoms with E-state index in [9.17, 15) is 21.6 Å². The number of nitrogens with zero attached hydrogens (tertiary/aromatic N) is 3. The minimum absolute atomic E-state index is 0.231. The van der Waals surface area contributed by atoms with Gasteiger partial charge in [-0.25, -0.2) is 13.4 Å². The van der Waals surface area contributed by atoms with Gasteiger partial charge in [0.05, 0.1) is 18.6 Å². The number of alkyl halides is 3. The first-order valence-electron chi connectivity index (χ1n) is 12.7. The number of sulfonamides is 1. The predicted octanol–water partition coefficient (Wildman–Crippen LogP) is 6.09. The van der Waals surface area contributed by atoms with E-state index in [1.165, 1.54) is 12.8 Å². The fourth-order valence-electron chi connectivity index (χ4n) is 5.74. The van der Waals surface area contributed by atoms with E-state index in [1.807, 2.05) is 48.5 Å². The maximum atomic E-state index is 13.9. The van der Waals surface area contributed by atoms with Crippen molar-refractivity contribution < 1.29 is 21.6 Å². The van der Waals surface area contributed by atoms with Crippen LogP contribution in [0, 0.1) is 5.92 Å². The maximum absolute atomic E-state index is 13.9. The molecule has 5 rings (SSSR count). The smallest absolute Gasteiger partial charge is 0.361 e. The van der Waals surface area contributed by atoms with E-state index in [2.05, 4.69) is 14.9 Å². The molecule has 1 aliphatic carbocycles. The summed E-state index contributed by atoms with van der Waals surface area (Å²) in [5.41, 5.74) is -1.67. The number of imidazole rings is 1. The van der Waals surface area contributed by atoms with Crippen LogP contribution in [0.4, 0.5) is 18.9 Å². The van der Waals surface area contributed by atoms with Crippen molar-refractivity contribution in [2.24, 2.45) is 5.92 Å². The van der Waals surface area contributed by atoms with Crippen LogP contribution in [0.2, 0.25) is 0 Å². The van der Waals surface area contributed by atoms with Crippen molar-refractivity contribution in [2.75, 3.05) is 11.4 Å². The summed E-state index contributed by atoms with van der Waals surface area (Å²) in [6.07, 6.45) is 9.32. The van der Waals surface area contributed by atoms with Crippen LogP contribution < -0.4 is 4.90 Å². The summed E-state index contributed by atoms with van der Waals surface area (Å²) in [6, 6.07) is 14.6. The van der Waals surface area contributed by atoms with Crippen molar-refractivity contribution in [3.8, 4) is 11.1 Å². The molecule has 198 valence electrons. The lowest BCUT2D eigenvalue weighted by Crippen LogP contribution is -2.47. The number of aromatic amines is 1. The quantitative estimate of drug-likeness (QED) is 0.400. The minimum Gasteiger partial charge on any atom is -0.361 e. The Morgan fingerprint density at radius 3 is 2.43 bits per heavy atom. The van der Waals surface area contributed by atoms with Crippen LogP contribution in [0.15, 0.2) is 61.1 Å². The molecule has 1 aromatic heterocycles. The second-order valence-corrected chi connectivity index (χ2v) is 11.9. The predicted molar refractivity (Wildman–Crippen MR) is 137 cm³/mol. The Bertz CT molecular complexity index is 1290. The molecule has 10 heteroatoms. The molecule has 1 N–H and O–H groups in total. The molecule has 0 bridgehead atoms. The van der Waals surface area contributed by atoms with Crippen LogP contribution in [-0.2, 0) is 23.1 Å². The number of nitrogens with one attached hydrogen (secondary N) is 1. The molecule has 2 heterocycles. The molecule has 0 spiro atoms. The van der Waals surface area contributed by atoms with Gasteiger partial charge in [-0.05, 0) is 41.5 Å².